The number of likely N-dealkylation sites (N-methyl/N-ethyl adjacent to an activating group) is 1. The molecule has 0 aromatic heterocycles. The second-order valence-corrected chi connectivity index (χ2v) is 17.3. The van der Waals surface area contributed by atoms with E-state index in [1.807, 2.05) is 0 Å². The van der Waals surface area contributed by atoms with Crippen molar-refractivity contribution in [3.63, 3.8) is 0 Å². The van der Waals surface area contributed by atoms with Crippen LogP contribution in [-0.2, 0) is 28.6 Å². The lowest BCUT2D eigenvalue weighted by Crippen LogP contribution is -2.55. The fourth-order valence-electron chi connectivity index (χ4n) is 6.73. The van der Waals surface area contributed by atoms with E-state index in [0.717, 1.165) is 103 Å². The van der Waals surface area contributed by atoms with Crippen LogP contribution in [0.2, 0.25) is 0 Å². The number of hydrogen-bond donors (Lipinski definition) is 0. The summed E-state index contributed by atoms with van der Waals surface area (Å²) in [6, 6.07) is -0.738. The second kappa shape index (κ2) is 44.1. The molecule has 0 radical (unpaired) electrons. The van der Waals surface area contributed by atoms with E-state index in [9.17, 15) is 19.5 Å². The van der Waals surface area contributed by atoms with Gasteiger partial charge in [0.2, 0.25) is 0 Å². The Morgan fingerprint density at radius 1 is 0.516 bits per heavy atom. The van der Waals surface area contributed by atoms with Gasteiger partial charge in [-0.3, -0.25) is 9.59 Å². The average molecular weight is 866 g/mol. The van der Waals surface area contributed by atoms with Gasteiger partial charge in [-0.15, -0.1) is 0 Å². The second-order valence-electron chi connectivity index (χ2n) is 17.3. The Morgan fingerprint density at radius 3 is 1.44 bits per heavy atom. The summed E-state index contributed by atoms with van der Waals surface area (Å²) in [5, 5.41) is 11.7. The number of hydrogen-bond acceptors (Lipinski definition) is 7. The summed E-state index contributed by atoms with van der Waals surface area (Å²) in [4.78, 5) is 37.0. The molecule has 0 aliphatic carbocycles. The topological polar surface area (TPSA) is 102 Å². The number of carboxylic acid groups (broad SMARTS) is 1. The van der Waals surface area contributed by atoms with Gasteiger partial charge in [-0.1, -0.05) is 170 Å². The number of unbranched alkanes of at least 4 members (excludes halogenated alkanes) is 16. The number of nitrogens with zero attached hydrogens (tertiary/aromatic N) is 1. The zero-order valence-corrected chi connectivity index (χ0v) is 40.3. The number of carbonyl (C=O) groups is 3. The van der Waals surface area contributed by atoms with Crippen LogP contribution >= 0.6 is 0 Å². The summed E-state index contributed by atoms with van der Waals surface area (Å²) in [7, 11) is 5.39. The molecule has 0 fully saturated rings. The Hall–Kier alpha value is -3.49. The highest BCUT2D eigenvalue weighted by molar-refractivity contribution is 5.70. The van der Waals surface area contributed by atoms with E-state index in [2.05, 4.69) is 98.9 Å². The maximum Gasteiger partial charge on any atom is 0.306 e. The predicted octanol–water partition coefficient (Wildman–Crippen LogP) is 12.7. The van der Waals surface area contributed by atoms with Crippen molar-refractivity contribution in [2.24, 2.45) is 0 Å². The highest BCUT2D eigenvalue weighted by Crippen LogP contribution is 2.13. The molecule has 0 heterocycles. The van der Waals surface area contributed by atoms with E-state index in [-0.39, 0.29) is 49.1 Å². The third kappa shape index (κ3) is 41.8. The molecule has 0 aliphatic heterocycles. The highest BCUT2D eigenvalue weighted by Gasteiger charge is 2.25. The number of ether oxygens (including phenoxy) is 3. The Labute approximate surface area is 380 Å². The lowest BCUT2D eigenvalue weighted by molar-refractivity contribution is -0.889. The first-order valence-electron chi connectivity index (χ1n) is 24.6. The van der Waals surface area contributed by atoms with Crippen LogP contribution in [-0.4, -0.2) is 75.5 Å². The highest BCUT2D eigenvalue weighted by atomic mass is 16.6. The molecule has 0 amide bonds. The van der Waals surface area contributed by atoms with Gasteiger partial charge in [0.1, 0.15) is 12.6 Å². The van der Waals surface area contributed by atoms with Crippen LogP contribution in [0.5, 0.6) is 0 Å². The normalized spacial score (nSPS) is 13.6. The SMILES string of the molecule is CC/C=C/C/C=C/C/C=C/C/C=C/C/C=C/CCCCCCC(=O)OC(COCCC(C(=O)[O-])[N+](C)(C)C)COC(=O)CCCCCCC/C=C/C=C/CCCCCCCCC. The minimum absolute atomic E-state index is 0.0204. The summed E-state index contributed by atoms with van der Waals surface area (Å²) in [6.45, 7) is 4.49. The zero-order chi connectivity index (χ0) is 45.6. The fourth-order valence-corrected chi connectivity index (χ4v) is 6.73. The van der Waals surface area contributed by atoms with Crippen molar-refractivity contribution in [1.82, 2.24) is 0 Å². The summed E-state index contributed by atoms with van der Waals surface area (Å²) in [6.07, 6.45) is 57.5. The lowest BCUT2D eigenvalue weighted by Gasteiger charge is -2.34. The van der Waals surface area contributed by atoms with E-state index in [0.29, 0.717) is 6.42 Å². The molecule has 0 rings (SSSR count). The van der Waals surface area contributed by atoms with Crippen LogP contribution in [0.15, 0.2) is 85.1 Å². The summed E-state index contributed by atoms with van der Waals surface area (Å²) in [5.74, 6) is -1.79. The van der Waals surface area contributed by atoms with Gasteiger partial charge in [0.05, 0.1) is 40.3 Å². The molecule has 0 aromatic rings. The van der Waals surface area contributed by atoms with Gasteiger partial charge in [0, 0.05) is 19.3 Å². The molecule has 0 saturated carbocycles. The van der Waals surface area contributed by atoms with Crippen molar-refractivity contribution in [3.8, 4) is 0 Å². The van der Waals surface area contributed by atoms with E-state index in [1.54, 1.807) is 21.1 Å². The molecule has 2 unspecified atom stereocenters. The number of carbonyl (C=O) groups excluding carboxylic acids is 3. The quantitative estimate of drug-likeness (QED) is 0.0198. The van der Waals surface area contributed by atoms with E-state index in [1.165, 1.54) is 51.4 Å². The van der Waals surface area contributed by atoms with Crippen molar-refractivity contribution < 1.29 is 38.2 Å². The Balaban J connectivity index is 4.38. The first-order valence-corrected chi connectivity index (χ1v) is 24.6. The van der Waals surface area contributed by atoms with Crippen LogP contribution in [0.25, 0.3) is 0 Å². The smallest absolute Gasteiger partial charge is 0.306 e. The summed E-state index contributed by atoms with van der Waals surface area (Å²) < 4.78 is 17.2. The predicted molar refractivity (Wildman–Crippen MR) is 258 cm³/mol. The van der Waals surface area contributed by atoms with Crippen LogP contribution in [0.1, 0.15) is 187 Å². The third-order valence-corrected chi connectivity index (χ3v) is 10.5. The summed E-state index contributed by atoms with van der Waals surface area (Å²) in [5.41, 5.74) is 0. The van der Waals surface area contributed by atoms with E-state index in [4.69, 9.17) is 14.2 Å². The Kier molecular flexibility index (Phi) is 41.6. The maximum atomic E-state index is 12.8. The molecule has 354 valence electrons. The minimum Gasteiger partial charge on any atom is -0.544 e. The molecule has 0 bridgehead atoms. The van der Waals surface area contributed by atoms with Gasteiger partial charge in [-0.2, -0.15) is 0 Å². The van der Waals surface area contributed by atoms with Crippen LogP contribution in [0, 0.1) is 0 Å². The maximum absolute atomic E-state index is 12.8. The number of esters is 2. The number of allylic oxidation sites excluding steroid dienone is 14. The number of quaternary nitrogens is 1. The van der Waals surface area contributed by atoms with Crippen molar-refractivity contribution in [2.45, 2.75) is 199 Å². The zero-order valence-electron chi connectivity index (χ0n) is 40.3. The molecule has 2 atom stereocenters. The number of carboxylic acids is 1. The minimum atomic E-state index is -1.13. The molecule has 0 N–H and O–H groups in total. The molecule has 8 heteroatoms. The number of aliphatic carboxylic acids is 1. The monoisotopic (exact) mass is 866 g/mol. The van der Waals surface area contributed by atoms with Gasteiger partial charge < -0.3 is 28.6 Å². The van der Waals surface area contributed by atoms with Gasteiger partial charge >= 0.3 is 11.9 Å². The molecular formula is C54H91NO7. The molecule has 0 spiro atoms. The fraction of sp³-hybridized carbons (Fsp3) is 0.685. The lowest BCUT2D eigenvalue weighted by atomic mass is 10.1. The molecule has 0 saturated heterocycles. The van der Waals surface area contributed by atoms with Crippen molar-refractivity contribution in [3.05, 3.63) is 85.1 Å². The van der Waals surface area contributed by atoms with Crippen LogP contribution in [0.4, 0.5) is 0 Å². The standard InChI is InChI=1S/C54H91NO7/c1-6-8-10-12-14-16-18-20-22-24-26-27-29-31-33-35-37-39-41-43-45-53(57)62-50(48-60-47-46-51(54(58)59)55(3,4)5)49-61-52(56)44-42-40-38-36-34-32-30-28-25-23-21-19-17-15-13-11-9-7-2/h8,10,14,16,20,22-23,25-28,30-31,33,50-51H,6-7,9,11-13,15,17-19,21,24,29,32,34-49H2,1-5H3/b10-8+,16-14+,22-20+,25-23+,27-26+,30-28+,33-31+. The van der Waals surface area contributed by atoms with E-state index < -0.39 is 18.1 Å². The van der Waals surface area contributed by atoms with Gasteiger partial charge in [-0.25, -0.2) is 0 Å². The van der Waals surface area contributed by atoms with Gasteiger partial charge in [0.25, 0.3) is 0 Å². The van der Waals surface area contributed by atoms with E-state index >= 15 is 0 Å². The largest absolute Gasteiger partial charge is 0.544 e. The molecule has 0 aromatic carbocycles. The van der Waals surface area contributed by atoms with Crippen LogP contribution < -0.4 is 5.11 Å². The third-order valence-electron chi connectivity index (χ3n) is 10.5. The molecule has 8 nitrogen and oxygen atoms in total. The summed E-state index contributed by atoms with van der Waals surface area (Å²) >= 11 is 0. The first kappa shape index (κ1) is 58.5. The molecule has 62 heavy (non-hydrogen) atoms. The van der Waals surface area contributed by atoms with Crippen molar-refractivity contribution in [2.75, 3.05) is 41.0 Å². The Morgan fingerprint density at radius 2 is 0.952 bits per heavy atom. The van der Waals surface area contributed by atoms with Crippen molar-refractivity contribution in [1.29, 1.82) is 0 Å². The van der Waals surface area contributed by atoms with Gasteiger partial charge in [-0.05, 0) is 83.5 Å². The average Bonchev–Trinajstić information content (AvgIpc) is 3.23. The van der Waals surface area contributed by atoms with Gasteiger partial charge in [0.15, 0.2) is 6.10 Å². The van der Waals surface area contributed by atoms with Crippen LogP contribution in [0.3, 0.4) is 0 Å². The van der Waals surface area contributed by atoms with Crippen molar-refractivity contribution >= 4 is 17.9 Å². The first-order chi connectivity index (χ1) is 30.1. The number of rotatable bonds is 43. The molecular weight excluding hydrogens is 775 g/mol. The Bertz CT molecular complexity index is 1290. The molecule has 0 aliphatic rings.